The van der Waals surface area contributed by atoms with Gasteiger partial charge in [0.15, 0.2) is 6.29 Å². The van der Waals surface area contributed by atoms with Gasteiger partial charge in [-0.3, -0.25) is 4.79 Å². The van der Waals surface area contributed by atoms with Gasteiger partial charge < -0.3 is 0 Å². The van der Waals surface area contributed by atoms with Crippen molar-refractivity contribution in [1.29, 1.82) is 0 Å². The molecule has 4 rings (SSSR count). The van der Waals surface area contributed by atoms with E-state index >= 15 is 0 Å². The summed E-state index contributed by atoms with van der Waals surface area (Å²) in [6.45, 7) is 9.25. The molecule has 1 aliphatic carbocycles. The summed E-state index contributed by atoms with van der Waals surface area (Å²) < 4.78 is 0. The van der Waals surface area contributed by atoms with Gasteiger partial charge >= 0.3 is 0 Å². The summed E-state index contributed by atoms with van der Waals surface area (Å²) in [6.07, 6.45) is 0.898. The molecule has 1 nitrogen and oxygen atoms in total. The van der Waals surface area contributed by atoms with Gasteiger partial charge in [0, 0.05) is 10.6 Å². The van der Waals surface area contributed by atoms with Crippen LogP contribution >= 0.6 is 11.6 Å². The number of halogens is 1. The highest BCUT2D eigenvalue weighted by atomic mass is 35.5. The average Bonchev–Trinajstić information content (AvgIpc) is 2.66. The van der Waals surface area contributed by atoms with Gasteiger partial charge in [0.1, 0.15) is 0 Å². The maximum atomic E-state index is 11.6. The smallest absolute Gasteiger partial charge is 0.150 e. The Morgan fingerprint density at radius 2 is 1.41 bits per heavy atom. The summed E-state index contributed by atoms with van der Waals surface area (Å²) in [5.41, 5.74) is 7.75. The Hall–Kier alpha value is -2.38. The van der Waals surface area contributed by atoms with Crippen LogP contribution in [-0.2, 0) is 10.8 Å². The quantitative estimate of drug-likeness (QED) is 0.439. The van der Waals surface area contributed by atoms with E-state index in [1.54, 1.807) is 12.1 Å². The zero-order valence-corrected chi connectivity index (χ0v) is 16.9. The summed E-state index contributed by atoms with van der Waals surface area (Å²) in [5, 5.41) is 0.637. The number of hydrogen-bond acceptors (Lipinski definition) is 1. The van der Waals surface area contributed by atoms with E-state index in [4.69, 9.17) is 11.6 Å². The number of hydrogen-bond donors (Lipinski definition) is 0. The van der Waals surface area contributed by atoms with Gasteiger partial charge in [-0.25, -0.2) is 0 Å². The Balaban J connectivity index is 2.01. The molecule has 0 heterocycles. The van der Waals surface area contributed by atoms with Crippen molar-refractivity contribution < 1.29 is 4.79 Å². The number of fused-ring (bicyclic) bond motifs is 3. The molecule has 0 fully saturated rings. The van der Waals surface area contributed by atoms with E-state index in [0.717, 1.165) is 17.4 Å². The number of aldehydes is 1. The van der Waals surface area contributed by atoms with Gasteiger partial charge in [0.2, 0.25) is 0 Å². The molecule has 136 valence electrons. The Morgan fingerprint density at radius 3 is 2.15 bits per heavy atom. The highest BCUT2D eigenvalue weighted by Crippen LogP contribution is 2.54. The highest BCUT2D eigenvalue weighted by Gasteiger charge is 2.45. The summed E-state index contributed by atoms with van der Waals surface area (Å²) >= 11 is 6.22. The van der Waals surface area contributed by atoms with Crippen LogP contribution in [0.1, 0.15) is 49.2 Å². The molecular weight excluding hydrogens is 352 g/mol. The molecule has 0 atom stereocenters. The van der Waals surface area contributed by atoms with Gasteiger partial charge in [-0.2, -0.15) is 0 Å². The molecule has 3 aromatic carbocycles. The normalized spacial score (nSPS) is 16.3. The average molecular weight is 375 g/mol. The maximum Gasteiger partial charge on any atom is 0.150 e. The topological polar surface area (TPSA) is 17.1 Å². The van der Waals surface area contributed by atoms with Crippen molar-refractivity contribution in [3.8, 4) is 22.3 Å². The molecule has 0 bridgehead atoms. The third kappa shape index (κ3) is 2.56. The van der Waals surface area contributed by atoms with E-state index in [1.807, 2.05) is 6.07 Å². The van der Waals surface area contributed by atoms with Crippen molar-refractivity contribution in [1.82, 2.24) is 0 Å². The van der Waals surface area contributed by atoms with Crippen molar-refractivity contribution in [3.63, 3.8) is 0 Å². The van der Waals surface area contributed by atoms with Crippen LogP contribution in [-0.4, -0.2) is 6.29 Å². The Morgan fingerprint density at radius 1 is 0.741 bits per heavy atom. The first kappa shape index (κ1) is 18.0. The molecule has 1 aliphatic rings. The summed E-state index contributed by atoms with van der Waals surface area (Å²) in [7, 11) is 0. The lowest BCUT2D eigenvalue weighted by Gasteiger charge is -2.48. The lowest BCUT2D eigenvalue weighted by molar-refractivity contribution is 0.112. The first-order valence-electron chi connectivity index (χ1n) is 9.27. The molecule has 0 aromatic heterocycles. The van der Waals surface area contributed by atoms with Crippen molar-refractivity contribution in [2.24, 2.45) is 0 Å². The first-order valence-corrected chi connectivity index (χ1v) is 9.64. The van der Waals surface area contributed by atoms with E-state index in [-0.39, 0.29) is 10.8 Å². The fourth-order valence-corrected chi connectivity index (χ4v) is 4.45. The summed E-state index contributed by atoms with van der Waals surface area (Å²) in [6, 6.07) is 20.6. The molecule has 0 saturated heterocycles. The number of carbonyl (C=O) groups excluding carboxylic acids is 1. The lowest BCUT2D eigenvalue weighted by Crippen LogP contribution is -2.43. The number of benzene rings is 3. The van der Waals surface area contributed by atoms with Crippen molar-refractivity contribution in [2.45, 2.75) is 38.5 Å². The van der Waals surface area contributed by atoms with Crippen molar-refractivity contribution in [2.75, 3.05) is 0 Å². The van der Waals surface area contributed by atoms with Crippen LogP contribution in [0.3, 0.4) is 0 Å². The molecular formula is C25H23ClO. The second-order valence-electron chi connectivity index (χ2n) is 8.41. The van der Waals surface area contributed by atoms with Gasteiger partial charge in [0.05, 0.1) is 0 Å². The van der Waals surface area contributed by atoms with Gasteiger partial charge in [-0.1, -0.05) is 75.7 Å². The van der Waals surface area contributed by atoms with E-state index in [9.17, 15) is 4.79 Å². The SMILES string of the molecule is CC1(C)c2ccccc2-c2ccc(-c3cc(Cl)ccc3C=O)cc2C1(C)C. The fourth-order valence-electron chi connectivity index (χ4n) is 4.28. The standard InChI is InChI=1S/C25H23ClO/c1-24(2)22-8-6-5-7-19(22)20-12-10-16(13-23(20)25(24,3)4)21-14-18(26)11-9-17(21)15-27/h5-15H,1-4H3. The fraction of sp³-hybridized carbons (Fsp3) is 0.240. The molecule has 0 spiro atoms. The van der Waals surface area contributed by atoms with Crippen LogP contribution in [0.5, 0.6) is 0 Å². The third-order valence-corrected chi connectivity index (χ3v) is 6.83. The first-order chi connectivity index (χ1) is 12.8. The van der Waals surface area contributed by atoms with Crippen LogP contribution in [0.25, 0.3) is 22.3 Å². The second kappa shape index (κ2) is 6.07. The molecule has 0 radical (unpaired) electrons. The largest absolute Gasteiger partial charge is 0.298 e. The van der Waals surface area contributed by atoms with Crippen LogP contribution in [0.2, 0.25) is 5.02 Å². The summed E-state index contributed by atoms with van der Waals surface area (Å²) in [4.78, 5) is 11.6. The molecule has 3 aromatic rings. The Labute approximate surface area is 166 Å². The monoisotopic (exact) mass is 374 g/mol. The molecule has 0 amide bonds. The zero-order chi connectivity index (χ0) is 19.4. The minimum atomic E-state index is -0.0629. The minimum Gasteiger partial charge on any atom is -0.298 e. The van der Waals surface area contributed by atoms with E-state index < -0.39 is 0 Å². The van der Waals surface area contributed by atoms with Gasteiger partial charge in [-0.15, -0.1) is 0 Å². The predicted octanol–water partition coefficient (Wildman–Crippen LogP) is 7.06. The van der Waals surface area contributed by atoms with Crippen LogP contribution in [0, 0.1) is 0 Å². The third-order valence-electron chi connectivity index (χ3n) is 6.60. The molecule has 2 heteroatoms. The van der Waals surface area contributed by atoms with E-state index in [2.05, 4.69) is 70.2 Å². The lowest BCUT2D eigenvalue weighted by atomic mass is 9.55. The van der Waals surface area contributed by atoms with Crippen molar-refractivity contribution in [3.05, 3.63) is 82.4 Å². The zero-order valence-electron chi connectivity index (χ0n) is 16.1. The Kier molecular flexibility index (Phi) is 4.05. The molecule has 0 unspecified atom stereocenters. The molecule has 0 N–H and O–H groups in total. The highest BCUT2D eigenvalue weighted by molar-refractivity contribution is 6.31. The van der Waals surface area contributed by atoms with Crippen LogP contribution in [0.4, 0.5) is 0 Å². The van der Waals surface area contributed by atoms with Gasteiger partial charge in [-0.05, 0) is 68.5 Å². The molecule has 27 heavy (non-hydrogen) atoms. The minimum absolute atomic E-state index is 0.0168. The van der Waals surface area contributed by atoms with E-state index in [0.29, 0.717) is 10.6 Å². The predicted molar refractivity (Wildman–Crippen MR) is 114 cm³/mol. The molecule has 0 aliphatic heterocycles. The van der Waals surface area contributed by atoms with Crippen LogP contribution in [0.15, 0.2) is 60.7 Å². The molecule has 0 saturated carbocycles. The van der Waals surface area contributed by atoms with E-state index in [1.165, 1.54) is 22.3 Å². The second-order valence-corrected chi connectivity index (χ2v) is 8.84. The van der Waals surface area contributed by atoms with Crippen molar-refractivity contribution >= 4 is 17.9 Å². The Bertz CT molecular complexity index is 1060. The maximum absolute atomic E-state index is 11.6. The summed E-state index contributed by atoms with van der Waals surface area (Å²) in [5.74, 6) is 0. The van der Waals surface area contributed by atoms with Gasteiger partial charge in [0.25, 0.3) is 0 Å². The van der Waals surface area contributed by atoms with Crippen LogP contribution < -0.4 is 0 Å². The number of rotatable bonds is 2. The number of carbonyl (C=O) groups is 1.